The lowest BCUT2D eigenvalue weighted by Gasteiger charge is -2.44. The molecule has 2 heterocycles. The maximum atomic E-state index is 13.0. The molecule has 4 nitrogen and oxygen atoms in total. The lowest BCUT2D eigenvalue weighted by molar-refractivity contribution is -0.129. The van der Waals surface area contributed by atoms with Crippen LogP contribution in [-0.4, -0.2) is 29.8 Å². The largest absolute Gasteiger partial charge is 0.346 e. The summed E-state index contributed by atoms with van der Waals surface area (Å²) in [5.41, 5.74) is 0.986. The third-order valence-electron chi connectivity index (χ3n) is 5.71. The van der Waals surface area contributed by atoms with Gasteiger partial charge in [-0.3, -0.25) is 9.59 Å². The number of amides is 2. The minimum atomic E-state index is -0.210. The van der Waals surface area contributed by atoms with Crippen LogP contribution in [0.2, 0.25) is 0 Å². The fraction of sp³-hybridized carbons (Fsp3) is 0.429. The van der Waals surface area contributed by atoms with Gasteiger partial charge in [-0.05, 0) is 49.1 Å². The number of carbonyl (C=O) groups is 2. The van der Waals surface area contributed by atoms with E-state index in [2.05, 4.69) is 17.4 Å². The van der Waals surface area contributed by atoms with Crippen LogP contribution in [0.15, 0.2) is 47.8 Å². The molecule has 1 saturated heterocycles. The maximum absolute atomic E-state index is 13.0. The van der Waals surface area contributed by atoms with Crippen molar-refractivity contribution >= 4 is 23.2 Å². The maximum Gasteiger partial charge on any atom is 0.263 e. The number of likely N-dealkylation sites (tertiary alicyclic amines) is 1. The van der Waals surface area contributed by atoms with Crippen LogP contribution >= 0.6 is 11.3 Å². The summed E-state index contributed by atoms with van der Waals surface area (Å²) in [6, 6.07) is 14.0. The first kappa shape index (κ1) is 17.3. The van der Waals surface area contributed by atoms with E-state index in [0.717, 1.165) is 43.5 Å². The van der Waals surface area contributed by atoms with Crippen LogP contribution in [0, 0.1) is 5.92 Å². The summed E-state index contributed by atoms with van der Waals surface area (Å²) >= 11 is 1.46. The highest BCUT2D eigenvalue weighted by Gasteiger charge is 2.41. The molecule has 5 heteroatoms. The van der Waals surface area contributed by atoms with Crippen molar-refractivity contribution in [2.45, 2.75) is 37.6 Å². The highest BCUT2D eigenvalue weighted by molar-refractivity contribution is 7.12. The Hall–Kier alpha value is -2.14. The molecule has 4 rings (SSSR count). The molecule has 1 N–H and O–H groups in total. The van der Waals surface area contributed by atoms with Crippen molar-refractivity contribution in [1.29, 1.82) is 0 Å². The fourth-order valence-corrected chi connectivity index (χ4v) is 4.73. The van der Waals surface area contributed by atoms with Crippen molar-refractivity contribution in [2.24, 2.45) is 5.92 Å². The van der Waals surface area contributed by atoms with Crippen molar-refractivity contribution in [2.75, 3.05) is 13.1 Å². The standard InChI is InChI=1S/C21H24N2O2S/c24-19(22-21(11-6-12-21)17-8-2-1-3-9-17)16-7-4-13-23(15-16)20(25)18-10-5-14-26-18/h1-3,5,8-10,14,16H,4,6-7,11-13,15H2,(H,22,24). The molecular weight excluding hydrogens is 344 g/mol. The number of carbonyl (C=O) groups excluding carboxylic acids is 2. The zero-order chi connectivity index (χ0) is 18.0. The van der Waals surface area contributed by atoms with Gasteiger partial charge in [0.05, 0.1) is 16.3 Å². The van der Waals surface area contributed by atoms with Gasteiger partial charge in [0.15, 0.2) is 0 Å². The molecule has 2 amide bonds. The van der Waals surface area contributed by atoms with E-state index in [-0.39, 0.29) is 23.3 Å². The van der Waals surface area contributed by atoms with E-state index >= 15 is 0 Å². The van der Waals surface area contributed by atoms with Gasteiger partial charge in [-0.1, -0.05) is 36.4 Å². The third-order valence-corrected chi connectivity index (χ3v) is 6.57. The molecule has 26 heavy (non-hydrogen) atoms. The first-order chi connectivity index (χ1) is 12.7. The first-order valence-corrected chi connectivity index (χ1v) is 10.3. The predicted molar refractivity (Wildman–Crippen MR) is 103 cm³/mol. The Bertz CT molecular complexity index is 769. The molecule has 1 unspecified atom stereocenters. The molecule has 1 atom stereocenters. The predicted octanol–water partition coefficient (Wildman–Crippen LogP) is 3.80. The van der Waals surface area contributed by atoms with Crippen LogP contribution in [0.1, 0.15) is 47.3 Å². The van der Waals surface area contributed by atoms with E-state index in [1.54, 1.807) is 0 Å². The first-order valence-electron chi connectivity index (χ1n) is 9.38. The van der Waals surface area contributed by atoms with Crippen LogP contribution in [0.3, 0.4) is 0 Å². The minimum absolute atomic E-state index is 0.0546. The second-order valence-corrected chi connectivity index (χ2v) is 8.31. The van der Waals surface area contributed by atoms with Crippen molar-refractivity contribution in [3.63, 3.8) is 0 Å². The summed E-state index contributed by atoms with van der Waals surface area (Å²) in [5, 5.41) is 5.25. The van der Waals surface area contributed by atoms with Gasteiger partial charge >= 0.3 is 0 Å². The molecule has 2 fully saturated rings. The lowest BCUT2D eigenvalue weighted by Crippen LogP contribution is -2.54. The number of thiophene rings is 1. The molecule has 0 spiro atoms. The van der Waals surface area contributed by atoms with Gasteiger partial charge in [-0.25, -0.2) is 0 Å². The Morgan fingerprint density at radius 3 is 2.54 bits per heavy atom. The zero-order valence-electron chi connectivity index (χ0n) is 14.8. The lowest BCUT2D eigenvalue weighted by atomic mass is 9.71. The Morgan fingerprint density at radius 2 is 1.88 bits per heavy atom. The molecule has 1 aromatic heterocycles. The molecular formula is C21H24N2O2S. The Kier molecular flexibility index (Phi) is 4.81. The van der Waals surface area contributed by atoms with Crippen LogP contribution in [0.4, 0.5) is 0 Å². The van der Waals surface area contributed by atoms with E-state index < -0.39 is 0 Å². The van der Waals surface area contributed by atoms with Crippen LogP contribution in [0.25, 0.3) is 0 Å². The monoisotopic (exact) mass is 368 g/mol. The highest BCUT2D eigenvalue weighted by atomic mass is 32.1. The minimum Gasteiger partial charge on any atom is -0.346 e. The molecule has 136 valence electrons. The number of benzene rings is 1. The quantitative estimate of drug-likeness (QED) is 0.892. The Morgan fingerprint density at radius 1 is 1.08 bits per heavy atom. The highest BCUT2D eigenvalue weighted by Crippen LogP contribution is 2.41. The fourth-order valence-electron chi connectivity index (χ4n) is 4.04. The third kappa shape index (κ3) is 3.28. The molecule has 2 aromatic rings. The molecule has 1 aliphatic carbocycles. The topological polar surface area (TPSA) is 49.4 Å². The molecule has 1 aromatic carbocycles. The normalized spacial score (nSPS) is 21.7. The van der Waals surface area contributed by atoms with Gasteiger partial charge in [-0.2, -0.15) is 0 Å². The van der Waals surface area contributed by atoms with E-state index in [1.807, 2.05) is 40.6 Å². The second-order valence-electron chi connectivity index (χ2n) is 7.36. The van der Waals surface area contributed by atoms with Crippen molar-refractivity contribution < 1.29 is 9.59 Å². The van der Waals surface area contributed by atoms with Gasteiger partial charge in [0.1, 0.15) is 0 Å². The van der Waals surface area contributed by atoms with Gasteiger partial charge in [-0.15, -0.1) is 11.3 Å². The summed E-state index contributed by atoms with van der Waals surface area (Å²) in [5.74, 6) is 0.0324. The second kappa shape index (κ2) is 7.23. The number of hydrogen-bond donors (Lipinski definition) is 1. The summed E-state index contributed by atoms with van der Waals surface area (Å²) in [6.45, 7) is 1.26. The zero-order valence-corrected chi connectivity index (χ0v) is 15.6. The van der Waals surface area contributed by atoms with Crippen LogP contribution < -0.4 is 5.32 Å². The molecule has 1 aliphatic heterocycles. The average Bonchev–Trinajstić information content (AvgIpc) is 3.19. The average molecular weight is 369 g/mol. The molecule has 2 aliphatic rings. The number of rotatable bonds is 4. The summed E-state index contributed by atoms with van der Waals surface area (Å²) in [4.78, 5) is 28.2. The summed E-state index contributed by atoms with van der Waals surface area (Å²) in [7, 11) is 0. The van der Waals surface area contributed by atoms with E-state index in [9.17, 15) is 9.59 Å². The van der Waals surface area contributed by atoms with E-state index in [1.165, 1.54) is 16.9 Å². The van der Waals surface area contributed by atoms with Crippen molar-refractivity contribution in [3.05, 3.63) is 58.3 Å². The van der Waals surface area contributed by atoms with E-state index in [4.69, 9.17) is 0 Å². The summed E-state index contributed by atoms with van der Waals surface area (Å²) < 4.78 is 0. The van der Waals surface area contributed by atoms with Crippen molar-refractivity contribution in [1.82, 2.24) is 10.2 Å². The molecule has 1 saturated carbocycles. The number of nitrogens with zero attached hydrogens (tertiary/aromatic N) is 1. The number of hydrogen-bond acceptors (Lipinski definition) is 3. The van der Waals surface area contributed by atoms with Crippen molar-refractivity contribution in [3.8, 4) is 0 Å². The Labute approximate surface area is 158 Å². The van der Waals surface area contributed by atoms with Gasteiger partial charge in [0, 0.05) is 13.1 Å². The molecule has 0 bridgehead atoms. The Balaban J connectivity index is 1.44. The molecule has 0 radical (unpaired) electrons. The number of nitrogens with one attached hydrogen (secondary N) is 1. The van der Waals surface area contributed by atoms with Gasteiger partial charge < -0.3 is 10.2 Å². The number of piperidine rings is 1. The van der Waals surface area contributed by atoms with Gasteiger partial charge in [0.2, 0.25) is 5.91 Å². The van der Waals surface area contributed by atoms with Gasteiger partial charge in [0.25, 0.3) is 5.91 Å². The smallest absolute Gasteiger partial charge is 0.263 e. The SMILES string of the molecule is O=C(NC1(c2ccccc2)CCC1)C1CCCN(C(=O)c2cccs2)C1. The van der Waals surface area contributed by atoms with E-state index in [0.29, 0.717) is 6.54 Å². The van der Waals surface area contributed by atoms with Crippen LogP contribution in [-0.2, 0) is 10.3 Å². The summed E-state index contributed by atoms with van der Waals surface area (Å²) in [6.07, 6.45) is 4.86. The van der Waals surface area contributed by atoms with Crippen LogP contribution in [0.5, 0.6) is 0 Å².